The van der Waals surface area contributed by atoms with Crippen LogP contribution in [0.1, 0.15) is 30.6 Å². The lowest BCUT2D eigenvalue weighted by molar-refractivity contribution is 0.0946. The number of anilines is 1. The number of rotatable bonds is 2. The number of aromatic hydroxyl groups is 1. The van der Waals surface area contributed by atoms with Crippen LogP contribution < -0.4 is 11.1 Å². The highest BCUT2D eigenvalue weighted by molar-refractivity contribution is 5.95. The largest absolute Gasteiger partial charge is 0.506 e. The van der Waals surface area contributed by atoms with Gasteiger partial charge < -0.3 is 16.2 Å². The molecular weight excluding hydrogens is 204 g/mol. The Bertz CT molecular complexity index is 441. The molecule has 0 spiro atoms. The van der Waals surface area contributed by atoms with Crippen molar-refractivity contribution < 1.29 is 9.90 Å². The highest BCUT2D eigenvalue weighted by Crippen LogP contribution is 2.44. The van der Waals surface area contributed by atoms with Gasteiger partial charge >= 0.3 is 0 Å². The molecule has 1 unspecified atom stereocenters. The fourth-order valence-electron chi connectivity index (χ4n) is 1.64. The molecule has 2 rings (SSSR count). The number of phenolic OH excluding ortho intramolecular Hbond substituents is 1. The molecule has 0 heterocycles. The van der Waals surface area contributed by atoms with E-state index < -0.39 is 0 Å². The van der Waals surface area contributed by atoms with Gasteiger partial charge in [-0.15, -0.1) is 0 Å². The van der Waals surface area contributed by atoms with E-state index in [9.17, 15) is 9.90 Å². The molecule has 1 fully saturated rings. The fraction of sp³-hybridized carbons (Fsp3) is 0.417. The molecule has 4 heteroatoms. The zero-order valence-electron chi connectivity index (χ0n) is 9.45. The van der Waals surface area contributed by atoms with Crippen LogP contribution in [-0.2, 0) is 0 Å². The second kappa shape index (κ2) is 3.40. The van der Waals surface area contributed by atoms with Crippen molar-refractivity contribution in [1.29, 1.82) is 0 Å². The fourth-order valence-corrected chi connectivity index (χ4v) is 1.64. The van der Waals surface area contributed by atoms with Gasteiger partial charge in [-0.05, 0) is 30.0 Å². The molecule has 1 atom stereocenters. The molecule has 0 radical (unpaired) electrons. The van der Waals surface area contributed by atoms with Gasteiger partial charge in [0.2, 0.25) is 0 Å². The monoisotopic (exact) mass is 220 g/mol. The van der Waals surface area contributed by atoms with Crippen LogP contribution in [-0.4, -0.2) is 17.1 Å². The van der Waals surface area contributed by atoms with Gasteiger partial charge in [0.15, 0.2) is 0 Å². The Morgan fingerprint density at radius 1 is 1.56 bits per heavy atom. The number of carbonyl (C=O) groups is 1. The SMILES string of the molecule is CC1(C)CC1NC(=O)c1ccc(N)c(O)c1. The number of hydrogen-bond donors (Lipinski definition) is 3. The van der Waals surface area contributed by atoms with E-state index in [-0.39, 0.29) is 28.8 Å². The predicted octanol–water partition coefficient (Wildman–Crippen LogP) is 1.50. The normalized spacial score (nSPS) is 21.5. The minimum atomic E-state index is -0.161. The summed E-state index contributed by atoms with van der Waals surface area (Å²) in [5.74, 6) is -0.214. The molecule has 1 saturated carbocycles. The van der Waals surface area contributed by atoms with Crippen LogP contribution in [0.3, 0.4) is 0 Å². The predicted molar refractivity (Wildman–Crippen MR) is 62.2 cm³/mol. The maximum atomic E-state index is 11.8. The first kappa shape index (κ1) is 10.8. The summed E-state index contributed by atoms with van der Waals surface area (Å²) in [6.45, 7) is 4.22. The van der Waals surface area contributed by atoms with E-state index in [2.05, 4.69) is 19.2 Å². The summed E-state index contributed by atoms with van der Waals surface area (Å²) in [5, 5.41) is 12.3. The van der Waals surface area contributed by atoms with Crippen molar-refractivity contribution in [3.05, 3.63) is 23.8 Å². The molecule has 0 aromatic heterocycles. The maximum absolute atomic E-state index is 11.8. The summed E-state index contributed by atoms with van der Waals surface area (Å²) in [5.41, 5.74) is 6.38. The van der Waals surface area contributed by atoms with Crippen LogP contribution in [0.4, 0.5) is 5.69 Å². The smallest absolute Gasteiger partial charge is 0.251 e. The van der Waals surface area contributed by atoms with Gasteiger partial charge in [-0.3, -0.25) is 4.79 Å². The van der Waals surface area contributed by atoms with Crippen LogP contribution in [0.5, 0.6) is 5.75 Å². The Kier molecular flexibility index (Phi) is 2.30. The van der Waals surface area contributed by atoms with Crippen LogP contribution in [0, 0.1) is 5.41 Å². The number of hydrogen-bond acceptors (Lipinski definition) is 3. The first-order valence-electron chi connectivity index (χ1n) is 5.29. The van der Waals surface area contributed by atoms with Gasteiger partial charge in [0.25, 0.3) is 5.91 Å². The highest BCUT2D eigenvalue weighted by Gasteiger charge is 2.46. The average Bonchev–Trinajstić information content (AvgIpc) is 2.78. The topological polar surface area (TPSA) is 75.4 Å². The van der Waals surface area contributed by atoms with Crippen molar-refractivity contribution in [2.24, 2.45) is 5.41 Å². The summed E-state index contributed by atoms with van der Waals surface area (Å²) in [6.07, 6.45) is 1.000. The van der Waals surface area contributed by atoms with Gasteiger partial charge in [0, 0.05) is 11.6 Å². The van der Waals surface area contributed by atoms with Gasteiger partial charge in [-0.1, -0.05) is 13.8 Å². The summed E-state index contributed by atoms with van der Waals surface area (Å²) in [6, 6.07) is 4.77. The van der Waals surface area contributed by atoms with E-state index in [4.69, 9.17) is 5.73 Å². The molecule has 1 aliphatic rings. The Balaban J connectivity index is 2.07. The molecule has 1 aromatic carbocycles. The lowest BCUT2D eigenvalue weighted by atomic mass is 10.1. The minimum Gasteiger partial charge on any atom is -0.506 e. The Labute approximate surface area is 94.5 Å². The Morgan fingerprint density at radius 2 is 2.19 bits per heavy atom. The van der Waals surface area contributed by atoms with Gasteiger partial charge in [-0.2, -0.15) is 0 Å². The maximum Gasteiger partial charge on any atom is 0.251 e. The zero-order chi connectivity index (χ0) is 11.9. The summed E-state index contributed by atoms with van der Waals surface area (Å²) in [4.78, 5) is 11.8. The van der Waals surface area contributed by atoms with Gasteiger partial charge in [-0.25, -0.2) is 0 Å². The van der Waals surface area contributed by atoms with E-state index in [1.807, 2.05) is 0 Å². The third kappa shape index (κ3) is 1.96. The van der Waals surface area contributed by atoms with E-state index >= 15 is 0 Å². The first-order valence-corrected chi connectivity index (χ1v) is 5.29. The van der Waals surface area contributed by atoms with E-state index in [0.717, 1.165) is 6.42 Å². The molecule has 16 heavy (non-hydrogen) atoms. The lowest BCUT2D eigenvalue weighted by Gasteiger charge is -2.07. The number of nitrogen functional groups attached to an aromatic ring is 1. The minimum absolute atomic E-state index is 0.0530. The molecule has 0 bridgehead atoms. The van der Waals surface area contributed by atoms with Crippen LogP contribution >= 0.6 is 0 Å². The number of benzene rings is 1. The summed E-state index contributed by atoms with van der Waals surface area (Å²) >= 11 is 0. The molecule has 0 saturated heterocycles. The number of phenols is 1. The highest BCUT2D eigenvalue weighted by atomic mass is 16.3. The molecule has 1 amide bonds. The van der Waals surface area contributed by atoms with Crippen molar-refractivity contribution in [2.75, 3.05) is 5.73 Å². The van der Waals surface area contributed by atoms with E-state index in [1.54, 1.807) is 6.07 Å². The second-order valence-electron chi connectivity index (χ2n) is 4.99. The van der Waals surface area contributed by atoms with E-state index in [1.165, 1.54) is 12.1 Å². The number of nitrogens with two attached hydrogens (primary N) is 1. The van der Waals surface area contributed by atoms with Crippen molar-refractivity contribution >= 4 is 11.6 Å². The molecule has 1 aromatic rings. The summed E-state index contributed by atoms with van der Waals surface area (Å²) < 4.78 is 0. The van der Waals surface area contributed by atoms with Crippen molar-refractivity contribution in [1.82, 2.24) is 5.32 Å². The van der Waals surface area contributed by atoms with E-state index in [0.29, 0.717) is 5.56 Å². The number of amides is 1. The van der Waals surface area contributed by atoms with Crippen molar-refractivity contribution in [3.63, 3.8) is 0 Å². The lowest BCUT2D eigenvalue weighted by Crippen LogP contribution is -2.28. The molecule has 0 aliphatic heterocycles. The molecule has 1 aliphatic carbocycles. The average molecular weight is 220 g/mol. The van der Waals surface area contributed by atoms with Crippen LogP contribution in [0.2, 0.25) is 0 Å². The van der Waals surface area contributed by atoms with Crippen LogP contribution in [0.15, 0.2) is 18.2 Å². The number of carbonyl (C=O) groups excluding carboxylic acids is 1. The third-order valence-corrected chi connectivity index (χ3v) is 3.11. The van der Waals surface area contributed by atoms with Gasteiger partial charge in [0.1, 0.15) is 5.75 Å². The molecular formula is C12H16N2O2. The Hall–Kier alpha value is -1.71. The van der Waals surface area contributed by atoms with Crippen molar-refractivity contribution in [3.8, 4) is 5.75 Å². The molecule has 4 N–H and O–H groups in total. The third-order valence-electron chi connectivity index (χ3n) is 3.11. The molecule has 86 valence electrons. The second-order valence-corrected chi connectivity index (χ2v) is 4.99. The van der Waals surface area contributed by atoms with Crippen LogP contribution in [0.25, 0.3) is 0 Å². The summed E-state index contributed by atoms with van der Waals surface area (Å²) in [7, 11) is 0. The number of nitrogens with one attached hydrogen (secondary N) is 1. The standard InChI is InChI=1S/C12H16N2O2/c1-12(2)6-10(12)14-11(16)7-3-4-8(13)9(15)5-7/h3-5,10,15H,6,13H2,1-2H3,(H,14,16). The van der Waals surface area contributed by atoms with Crippen molar-refractivity contribution in [2.45, 2.75) is 26.3 Å². The first-order chi connectivity index (χ1) is 7.40. The Morgan fingerprint density at radius 3 is 2.69 bits per heavy atom. The molecule has 4 nitrogen and oxygen atoms in total. The quantitative estimate of drug-likeness (QED) is 0.522. The van der Waals surface area contributed by atoms with Gasteiger partial charge in [0.05, 0.1) is 5.69 Å². The zero-order valence-corrected chi connectivity index (χ0v) is 9.45.